The molecule has 0 bridgehead atoms. The van der Waals surface area contributed by atoms with Crippen molar-refractivity contribution in [2.75, 3.05) is 18.4 Å². The fourth-order valence-corrected chi connectivity index (χ4v) is 4.12. The van der Waals surface area contributed by atoms with Crippen LogP contribution in [0.25, 0.3) is 11.0 Å². The van der Waals surface area contributed by atoms with Gasteiger partial charge in [0.25, 0.3) is 0 Å². The van der Waals surface area contributed by atoms with Gasteiger partial charge in [0.05, 0.1) is 22.8 Å². The number of aromatic nitrogens is 4. The molecule has 0 spiro atoms. The Morgan fingerprint density at radius 3 is 2.43 bits per heavy atom. The lowest BCUT2D eigenvalue weighted by atomic mass is 10.1. The van der Waals surface area contributed by atoms with E-state index in [-0.39, 0.29) is 17.8 Å². The average Bonchev–Trinajstić information content (AvgIpc) is 3.31. The van der Waals surface area contributed by atoms with Crippen molar-refractivity contribution < 1.29 is 4.79 Å². The molecule has 0 aliphatic carbocycles. The number of aryl methyl sites for hydroxylation is 5. The molecule has 0 unspecified atom stereocenters. The molecular weight excluding hydrogens is 356 g/mol. The summed E-state index contributed by atoms with van der Waals surface area (Å²) in [6.45, 7) is 7.30. The Morgan fingerprint density at radius 2 is 1.79 bits per heavy atom. The molecule has 3 heterocycles. The maximum absolute atomic E-state index is 12.8. The van der Waals surface area contributed by atoms with Crippen molar-refractivity contribution in [3.8, 4) is 0 Å². The van der Waals surface area contributed by atoms with Crippen molar-refractivity contribution >= 4 is 22.8 Å². The number of carbonyl (C=O) groups excluding carboxylic acids is 1. The third-order valence-electron chi connectivity index (χ3n) is 5.70. The molecule has 1 aliphatic heterocycles. The number of amides is 2. The molecule has 2 aromatic heterocycles. The zero-order valence-corrected chi connectivity index (χ0v) is 17.0. The molecule has 1 fully saturated rings. The number of urea groups is 1. The lowest BCUT2D eigenvalue weighted by molar-refractivity contribution is 0.220. The molecule has 8 nitrogen and oxygen atoms in total. The van der Waals surface area contributed by atoms with E-state index in [4.69, 9.17) is 0 Å². The van der Waals surface area contributed by atoms with Gasteiger partial charge in [0.2, 0.25) is 0 Å². The number of nitrogens with one attached hydrogen (secondary N) is 1. The Morgan fingerprint density at radius 1 is 1.11 bits per heavy atom. The first kappa shape index (κ1) is 18.3. The van der Waals surface area contributed by atoms with Crippen molar-refractivity contribution in [3.05, 3.63) is 45.6 Å². The predicted molar refractivity (Wildman–Crippen MR) is 109 cm³/mol. The molecule has 0 radical (unpaired) electrons. The van der Waals surface area contributed by atoms with Gasteiger partial charge in [0.1, 0.15) is 0 Å². The number of hydrogen-bond acceptors (Lipinski definition) is 3. The summed E-state index contributed by atoms with van der Waals surface area (Å²) in [5, 5.41) is 7.59. The topological polar surface area (TPSA) is 77.1 Å². The highest BCUT2D eigenvalue weighted by molar-refractivity contribution is 5.93. The predicted octanol–water partition coefficient (Wildman–Crippen LogP) is 2.48. The third kappa shape index (κ3) is 2.89. The molecule has 1 saturated heterocycles. The van der Waals surface area contributed by atoms with Crippen LogP contribution in [0.5, 0.6) is 0 Å². The smallest absolute Gasteiger partial charge is 0.322 e. The van der Waals surface area contributed by atoms with E-state index in [1.54, 1.807) is 23.2 Å². The Kier molecular flexibility index (Phi) is 4.28. The van der Waals surface area contributed by atoms with E-state index in [2.05, 4.69) is 16.5 Å². The maximum atomic E-state index is 12.8. The second-order valence-electron chi connectivity index (χ2n) is 7.75. The molecule has 0 saturated carbocycles. The first-order chi connectivity index (χ1) is 13.3. The Labute approximate surface area is 163 Å². The number of imidazole rings is 1. The molecule has 8 heteroatoms. The molecule has 4 rings (SSSR count). The Balaban J connectivity index is 1.54. The molecule has 148 valence electrons. The minimum atomic E-state index is -0.118. The normalized spacial score (nSPS) is 16.9. The summed E-state index contributed by atoms with van der Waals surface area (Å²) in [4.78, 5) is 26.8. The quantitative estimate of drug-likeness (QED) is 0.740. The van der Waals surface area contributed by atoms with E-state index in [0.717, 1.165) is 40.1 Å². The van der Waals surface area contributed by atoms with Crippen molar-refractivity contribution in [2.45, 2.75) is 33.2 Å². The Bertz CT molecular complexity index is 1140. The van der Waals surface area contributed by atoms with Crippen LogP contribution in [0.3, 0.4) is 0 Å². The van der Waals surface area contributed by atoms with E-state index in [1.165, 1.54) is 0 Å². The van der Waals surface area contributed by atoms with Crippen LogP contribution in [0.15, 0.2) is 23.0 Å². The summed E-state index contributed by atoms with van der Waals surface area (Å²) in [5.74, 6) is 0. The summed E-state index contributed by atoms with van der Waals surface area (Å²) >= 11 is 0. The van der Waals surface area contributed by atoms with Crippen LogP contribution in [0.2, 0.25) is 0 Å². The summed E-state index contributed by atoms with van der Waals surface area (Å²) in [5.41, 5.74) is 5.35. The van der Waals surface area contributed by atoms with Gasteiger partial charge in [-0.05, 0) is 51.0 Å². The summed E-state index contributed by atoms with van der Waals surface area (Å²) in [6, 6.07) is 5.96. The summed E-state index contributed by atoms with van der Waals surface area (Å²) < 4.78 is 5.24. The third-order valence-corrected chi connectivity index (χ3v) is 5.70. The second kappa shape index (κ2) is 6.54. The number of hydrogen-bond donors (Lipinski definition) is 1. The molecule has 1 aromatic carbocycles. The first-order valence-electron chi connectivity index (χ1n) is 9.51. The van der Waals surface area contributed by atoms with Crippen LogP contribution >= 0.6 is 0 Å². The molecule has 2 amide bonds. The highest BCUT2D eigenvalue weighted by Gasteiger charge is 2.29. The zero-order chi connectivity index (χ0) is 20.2. The number of rotatable bonds is 2. The van der Waals surface area contributed by atoms with Gasteiger partial charge >= 0.3 is 11.7 Å². The molecular formula is C20H26N6O2. The number of benzene rings is 1. The van der Waals surface area contributed by atoms with Gasteiger partial charge in [-0.1, -0.05) is 0 Å². The van der Waals surface area contributed by atoms with Crippen LogP contribution in [0.1, 0.15) is 29.4 Å². The summed E-state index contributed by atoms with van der Waals surface area (Å²) in [6.07, 6.45) is 0.889. The van der Waals surface area contributed by atoms with Crippen LogP contribution in [-0.4, -0.2) is 42.9 Å². The lowest BCUT2D eigenvalue weighted by Gasteiger charge is -2.19. The van der Waals surface area contributed by atoms with E-state index in [1.807, 2.05) is 42.5 Å². The van der Waals surface area contributed by atoms with Gasteiger partial charge < -0.3 is 10.2 Å². The van der Waals surface area contributed by atoms with E-state index < -0.39 is 0 Å². The van der Waals surface area contributed by atoms with Gasteiger partial charge in [-0.2, -0.15) is 5.10 Å². The highest BCUT2D eigenvalue weighted by atomic mass is 16.2. The van der Waals surface area contributed by atoms with Crippen LogP contribution in [0.4, 0.5) is 10.5 Å². The van der Waals surface area contributed by atoms with E-state index in [9.17, 15) is 9.59 Å². The minimum Gasteiger partial charge on any atom is -0.322 e. The largest absolute Gasteiger partial charge is 0.328 e. The molecule has 1 aliphatic rings. The van der Waals surface area contributed by atoms with Crippen molar-refractivity contribution in [2.24, 2.45) is 14.1 Å². The molecule has 1 atom stereocenters. The first-order valence-corrected chi connectivity index (χ1v) is 9.51. The van der Waals surface area contributed by atoms with Gasteiger partial charge in [-0.3, -0.25) is 13.8 Å². The SMILES string of the molecule is Cc1cc(C)n([C@@H]2CCN(C(=O)Nc3cc4c(cc3C)n(C)c(=O)n4C)C2)n1. The van der Waals surface area contributed by atoms with Crippen molar-refractivity contribution in [1.29, 1.82) is 0 Å². The van der Waals surface area contributed by atoms with Gasteiger partial charge in [0, 0.05) is 38.6 Å². The second-order valence-corrected chi connectivity index (χ2v) is 7.75. The van der Waals surface area contributed by atoms with Gasteiger partial charge in [-0.15, -0.1) is 0 Å². The van der Waals surface area contributed by atoms with Gasteiger partial charge in [-0.25, -0.2) is 9.59 Å². The van der Waals surface area contributed by atoms with Crippen molar-refractivity contribution in [3.63, 3.8) is 0 Å². The Hall–Kier alpha value is -3.03. The number of anilines is 1. The number of fused-ring (bicyclic) bond motifs is 1. The van der Waals surface area contributed by atoms with E-state index >= 15 is 0 Å². The standard InChI is InChI=1S/C20H26N6O2/c1-12-8-17-18(24(5)20(28)23(17)4)10-16(12)21-19(27)25-7-6-15(11-25)26-14(3)9-13(2)22-26/h8-10,15H,6-7,11H2,1-5H3,(H,21,27)/t15-/m1/s1. The molecule has 3 aromatic rings. The van der Waals surface area contributed by atoms with Gasteiger partial charge in [0.15, 0.2) is 0 Å². The average molecular weight is 382 g/mol. The van der Waals surface area contributed by atoms with Crippen LogP contribution in [-0.2, 0) is 14.1 Å². The summed E-state index contributed by atoms with van der Waals surface area (Å²) in [7, 11) is 3.50. The van der Waals surface area contributed by atoms with E-state index in [0.29, 0.717) is 13.1 Å². The van der Waals surface area contributed by atoms with Crippen molar-refractivity contribution in [1.82, 2.24) is 23.8 Å². The highest BCUT2D eigenvalue weighted by Crippen LogP contribution is 2.26. The monoisotopic (exact) mass is 382 g/mol. The zero-order valence-electron chi connectivity index (χ0n) is 17.0. The minimum absolute atomic E-state index is 0.0786. The maximum Gasteiger partial charge on any atom is 0.328 e. The molecule has 28 heavy (non-hydrogen) atoms. The number of nitrogens with zero attached hydrogens (tertiary/aromatic N) is 5. The number of carbonyl (C=O) groups is 1. The van der Waals surface area contributed by atoms with Crippen LogP contribution in [0, 0.1) is 20.8 Å². The number of likely N-dealkylation sites (tertiary alicyclic amines) is 1. The van der Waals surface area contributed by atoms with Crippen LogP contribution < -0.4 is 11.0 Å². The lowest BCUT2D eigenvalue weighted by Crippen LogP contribution is -2.33. The fraction of sp³-hybridized carbons (Fsp3) is 0.450. The molecule has 1 N–H and O–H groups in total. The fourth-order valence-electron chi connectivity index (χ4n) is 4.12.